The van der Waals surface area contributed by atoms with Crippen LogP contribution >= 0.6 is 15.9 Å². The zero-order chi connectivity index (χ0) is 14.5. The second-order valence-electron chi connectivity index (χ2n) is 3.92. The van der Waals surface area contributed by atoms with Gasteiger partial charge in [0.25, 0.3) is 0 Å². The topological polar surface area (TPSA) is 85.4 Å². The van der Waals surface area contributed by atoms with Crippen molar-refractivity contribution in [3.63, 3.8) is 0 Å². The average molecular weight is 351 g/mol. The van der Waals surface area contributed by atoms with Crippen LogP contribution in [-0.4, -0.2) is 32.2 Å². The SMILES string of the molecule is COC(=O)CCCS(=O)(=O)Nc1ncc(Br)cc1C. The van der Waals surface area contributed by atoms with Crippen LogP contribution in [0.5, 0.6) is 0 Å². The third kappa shape index (κ3) is 5.56. The summed E-state index contributed by atoms with van der Waals surface area (Å²) >= 11 is 3.25. The van der Waals surface area contributed by atoms with Crippen molar-refractivity contribution in [1.82, 2.24) is 4.98 Å². The van der Waals surface area contributed by atoms with Crippen LogP contribution < -0.4 is 4.72 Å². The molecule has 1 aromatic heterocycles. The van der Waals surface area contributed by atoms with Crippen molar-refractivity contribution in [2.45, 2.75) is 19.8 Å². The number of pyridine rings is 1. The minimum absolute atomic E-state index is 0.0736. The van der Waals surface area contributed by atoms with Gasteiger partial charge in [-0.2, -0.15) is 0 Å². The van der Waals surface area contributed by atoms with E-state index in [9.17, 15) is 13.2 Å². The van der Waals surface area contributed by atoms with Gasteiger partial charge in [0.15, 0.2) is 0 Å². The predicted molar refractivity (Wildman–Crippen MR) is 75.3 cm³/mol. The molecule has 0 amide bonds. The summed E-state index contributed by atoms with van der Waals surface area (Å²) in [6.07, 6.45) is 1.79. The smallest absolute Gasteiger partial charge is 0.305 e. The van der Waals surface area contributed by atoms with E-state index in [1.807, 2.05) is 0 Å². The second kappa shape index (κ2) is 6.85. The van der Waals surface area contributed by atoms with Gasteiger partial charge < -0.3 is 4.74 Å². The summed E-state index contributed by atoms with van der Waals surface area (Å²) in [6, 6.07) is 1.76. The van der Waals surface area contributed by atoms with E-state index >= 15 is 0 Å². The summed E-state index contributed by atoms with van der Waals surface area (Å²) in [6.45, 7) is 1.75. The molecule has 0 bridgehead atoms. The number of hydrogen-bond acceptors (Lipinski definition) is 5. The molecule has 8 heteroatoms. The Labute approximate surface area is 120 Å². The largest absolute Gasteiger partial charge is 0.469 e. The maximum absolute atomic E-state index is 11.8. The fourth-order valence-electron chi connectivity index (χ4n) is 1.35. The molecule has 1 rings (SSSR count). The first-order valence-electron chi connectivity index (χ1n) is 5.53. The van der Waals surface area contributed by atoms with Crippen LogP contribution in [0.2, 0.25) is 0 Å². The summed E-state index contributed by atoms with van der Waals surface area (Å²) in [7, 11) is -2.24. The van der Waals surface area contributed by atoms with Gasteiger partial charge in [-0.3, -0.25) is 9.52 Å². The predicted octanol–water partition coefficient (Wildman–Crippen LogP) is 1.85. The number of aryl methyl sites for hydroxylation is 1. The van der Waals surface area contributed by atoms with Crippen molar-refractivity contribution in [2.24, 2.45) is 0 Å². The lowest BCUT2D eigenvalue weighted by molar-refractivity contribution is -0.140. The van der Waals surface area contributed by atoms with E-state index in [2.05, 4.69) is 30.4 Å². The van der Waals surface area contributed by atoms with Gasteiger partial charge in [-0.15, -0.1) is 0 Å². The zero-order valence-corrected chi connectivity index (χ0v) is 13.0. The molecular weight excluding hydrogens is 336 g/mol. The Balaban J connectivity index is 2.61. The van der Waals surface area contributed by atoms with Gasteiger partial charge >= 0.3 is 5.97 Å². The summed E-state index contributed by atoms with van der Waals surface area (Å²) in [4.78, 5) is 14.9. The Morgan fingerprint density at radius 2 is 2.21 bits per heavy atom. The maximum atomic E-state index is 11.8. The standard InChI is InChI=1S/C11H15BrN2O4S/c1-8-6-9(12)7-13-11(8)14-19(16,17)5-3-4-10(15)18-2/h6-7H,3-5H2,1-2H3,(H,13,14). The molecule has 0 saturated carbocycles. The number of ether oxygens (including phenoxy) is 1. The van der Waals surface area contributed by atoms with Crippen LogP contribution in [0.3, 0.4) is 0 Å². The van der Waals surface area contributed by atoms with Crippen LogP contribution in [0.4, 0.5) is 5.82 Å². The highest BCUT2D eigenvalue weighted by Gasteiger charge is 2.14. The first-order chi connectivity index (χ1) is 8.84. The number of hydrogen-bond donors (Lipinski definition) is 1. The Morgan fingerprint density at radius 3 is 2.79 bits per heavy atom. The number of methoxy groups -OCH3 is 1. The molecule has 19 heavy (non-hydrogen) atoms. The normalized spacial score (nSPS) is 11.1. The molecule has 0 unspecified atom stereocenters. The third-order valence-corrected chi connectivity index (χ3v) is 4.08. The summed E-state index contributed by atoms with van der Waals surface area (Å²) < 4.78 is 31.2. The highest BCUT2D eigenvalue weighted by Crippen LogP contribution is 2.18. The van der Waals surface area contributed by atoms with Gasteiger partial charge in [0.1, 0.15) is 5.82 Å². The van der Waals surface area contributed by atoms with Crippen molar-refractivity contribution < 1.29 is 17.9 Å². The van der Waals surface area contributed by atoms with Crippen molar-refractivity contribution in [2.75, 3.05) is 17.6 Å². The van der Waals surface area contributed by atoms with Crippen molar-refractivity contribution >= 4 is 37.7 Å². The molecule has 0 atom stereocenters. The maximum Gasteiger partial charge on any atom is 0.305 e. The number of esters is 1. The minimum atomic E-state index is -3.51. The number of halogens is 1. The second-order valence-corrected chi connectivity index (χ2v) is 6.68. The Morgan fingerprint density at radius 1 is 1.53 bits per heavy atom. The molecule has 0 spiro atoms. The highest BCUT2D eigenvalue weighted by molar-refractivity contribution is 9.10. The van der Waals surface area contributed by atoms with E-state index in [1.54, 1.807) is 13.0 Å². The molecule has 0 aliphatic carbocycles. The molecule has 0 aliphatic heterocycles. The lowest BCUT2D eigenvalue weighted by Crippen LogP contribution is -2.19. The number of carbonyl (C=O) groups excluding carboxylic acids is 1. The molecule has 0 saturated heterocycles. The quantitative estimate of drug-likeness (QED) is 0.791. The zero-order valence-electron chi connectivity index (χ0n) is 10.6. The first kappa shape index (κ1) is 15.9. The summed E-state index contributed by atoms with van der Waals surface area (Å²) in [5, 5.41) is 0. The Bertz CT molecular complexity index is 560. The lowest BCUT2D eigenvalue weighted by atomic mass is 10.3. The average Bonchev–Trinajstić information content (AvgIpc) is 2.32. The molecule has 0 fully saturated rings. The monoisotopic (exact) mass is 350 g/mol. The van der Waals surface area contributed by atoms with Crippen LogP contribution in [0, 0.1) is 6.92 Å². The highest BCUT2D eigenvalue weighted by atomic mass is 79.9. The van der Waals surface area contributed by atoms with Crippen molar-refractivity contribution in [1.29, 1.82) is 0 Å². The first-order valence-corrected chi connectivity index (χ1v) is 7.98. The molecule has 0 aliphatic rings. The number of anilines is 1. The molecule has 6 nitrogen and oxygen atoms in total. The van der Waals surface area contributed by atoms with E-state index in [-0.39, 0.29) is 18.6 Å². The molecule has 0 radical (unpaired) electrons. The van der Waals surface area contributed by atoms with Gasteiger partial charge in [0, 0.05) is 17.1 Å². The number of nitrogens with zero attached hydrogens (tertiary/aromatic N) is 1. The van der Waals surface area contributed by atoms with E-state index in [1.165, 1.54) is 13.3 Å². The Kier molecular flexibility index (Phi) is 5.74. The van der Waals surface area contributed by atoms with Crippen LogP contribution in [0.15, 0.2) is 16.7 Å². The lowest BCUT2D eigenvalue weighted by Gasteiger charge is -2.09. The molecule has 106 valence electrons. The van der Waals surface area contributed by atoms with E-state index in [0.717, 1.165) is 4.47 Å². The number of rotatable bonds is 6. The molecule has 0 aromatic carbocycles. The van der Waals surface area contributed by atoms with Gasteiger partial charge in [-0.1, -0.05) is 0 Å². The fraction of sp³-hybridized carbons (Fsp3) is 0.455. The van der Waals surface area contributed by atoms with E-state index in [0.29, 0.717) is 11.4 Å². The number of sulfonamides is 1. The van der Waals surface area contributed by atoms with Crippen molar-refractivity contribution in [3.8, 4) is 0 Å². The third-order valence-electron chi connectivity index (χ3n) is 2.32. The number of carbonyl (C=O) groups is 1. The molecule has 1 heterocycles. The van der Waals surface area contributed by atoms with E-state index < -0.39 is 16.0 Å². The number of nitrogens with one attached hydrogen (secondary N) is 1. The van der Waals surface area contributed by atoms with Crippen LogP contribution in [0.1, 0.15) is 18.4 Å². The fourth-order valence-corrected chi connectivity index (χ4v) is 2.93. The molecular formula is C11H15BrN2O4S. The van der Waals surface area contributed by atoms with E-state index in [4.69, 9.17) is 0 Å². The van der Waals surface area contributed by atoms with Gasteiger partial charge in [-0.05, 0) is 40.9 Å². The van der Waals surface area contributed by atoms with Gasteiger partial charge in [-0.25, -0.2) is 13.4 Å². The number of aromatic nitrogens is 1. The summed E-state index contributed by atoms with van der Waals surface area (Å²) in [5.74, 6) is -0.284. The van der Waals surface area contributed by atoms with Gasteiger partial charge in [0.05, 0.1) is 12.9 Å². The van der Waals surface area contributed by atoms with Gasteiger partial charge in [0.2, 0.25) is 10.0 Å². The van der Waals surface area contributed by atoms with Crippen LogP contribution in [-0.2, 0) is 19.6 Å². The summed E-state index contributed by atoms with van der Waals surface area (Å²) in [5.41, 5.74) is 0.714. The molecule has 1 N–H and O–H groups in total. The Hall–Kier alpha value is -1.15. The van der Waals surface area contributed by atoms with Crippen molar-refractivity contribution in [3.05, 3.63) is 22.3 Å². The molecule has 1 aromatic rings. The minimum Gasteiger partial charge on any atom is -0.469 e. The van der Waals surface area contributed by atoms with Crippen LogP contribution in [0.25, 0.3) is 0 Å².